The fourth-order valence-corrected chi connectivity index (χ4v) is 4.45. The fraction of sp³-hybridized carbons (Fsp3) is 0.368. The van der Waals surface area contributed by atoms with E-state index in [4.69, 9.17) is 9.40 Å². The number of hydrogen-bond acceptors (Lipinski definition) is 4. The molecule has 0 radical (unpaired) electrons. The predicted molar refractivity (Wildman–Crippen MR) is 100 cm³/mol. The van der Waals surface area contributed by atoms with Crippen molar-refractivity contribution in [2.24, 2.45) is 0 Å². The molecule has 3 aromatic rings. The van der Waals surface area contributed by atoms with Crippen molar-refractivity contribution in [1.82, 2.24) is 10.3 Å². The molecular weight excluding hydrogens is 348 g/mol. The summed E-state index contributed by atoms with van der Waals surface area (Å²) in [5, 5.41) is 4.14. The molecule has 1 aromatic carbocycles. The van der Waals surface area contributed by atoms with Crippen molar-refractivity contribution < 1.29 is 19.0 Å². The van der Waals surface area contributed by atoms with E-state index in [9.17, 15) is 4.79 Å². The first-order valence-corrected chi connectivity index (χ1v) is 9.88. The molecule has 0 bridgehead atoms. The number of piperazine rings is 1. The topological polar surface area (TPSA) is 64.0 Å². The highest BCUT2D eigenvalue weighted by Gasteiger charge is 2.25. The van der Waals surface area contributed by atoms with Crippen molar-refractivity contribution >= 4 is 27.5 Å². The molecule has 3 N–H and O–H groups in total. The van der Waals surface area contributed by atoms with Gasteiger partial charge in [0, 0.05) is 0 Å². The summed E-state index contributed by atoms with van der Waals surface area (Å²) >= 11 is 1.80. The summed E-state index contributed by atoms with van der Waals surface area (Å²) in [4.78, 5) is 19.7. The first kappa shape index (κ1) is 17.2. The first-order valence-electron chi connectivity index (χ1n) is 9.07. The molecule has 6 nitrogen and oxygen atoms in total. The largest absolute Gasteiger partial charge is 0.467 e. The number of nitrogens with zero attached hydrogens (tertiary/aromatic N) is 1. The standard InChI is InChI=1S/C19H22N4O2S/c24-18(20-12-15-4-3-11-25-15)13-22-7-9-23(10-8-22)14-19-21-16-5-1-2-6-17(16)26-19/h1-6,11H,7-10,12-14H2,(H,20,24)/p+2. The zero-order valence-electron chi connectivity index (χ0n) is 14.7. The summed E-state index contributed by atoms with van der Waals surface area (Å²) in [7, 11) is 0. The van der Waals surface area contributed by atoms with E-state index in [1.165, 1.54) is 14.6 Å². The van der Waals surface area contributed by atoms with Gasteiger partial charge in [0.05, 0.1) is 23.0 Å². The molecule has 0 unspecified atom stereocenters. The van der Waals surface area contributed by atoms with Gasteiger partial charge < -0.3 is 19.5 Å². The molecule has 1 saturated heterocycles. The summed E-state index contributed by atoms with van der Waals surface area (Å²) in [6.07, 6.45) is 1.63. The Morgan fingerprint density at radius 2 is 1.92 bits per heavy atom. The van der Waals surface area contributed by atoms with Crippen LogP contribution in [0.25, 0.3) is 10.2 Å². The van der Waals surface area contributed by atoms with Crippen LogP contribution in [0.4, 0.5) is 0 Å². The van der Waals surface area contributed by atoms with Crippen molar-refractivity contribution in [2.45, 2.75) is 13.1 Å². The monoisotopic (exact) mass is 372 g/mol. The van der Waals surface area contributed by atoms with Crippen LogP contribution in [0.3, 0.4) is 0 Å². The van der Waals surface area contributed by atoms with Crippen molar-refractivity contribution in [3.63, 3.8) is 0 Å². The molecule has 2 aromatic heterocycles. The second-order valence-electron chi connectivity index (χ2n) is 6.78. The smallest absolute Gasteiger partial charge is 0.275 e. The zero-order valence-corrected chi connectivity index (χ0v) is 15.5. The van der Waals surface area contributed by atoms with Gasteiger partial charge in [0.2, 0.25) is 0 Å². The number of thiazole rings is 1. The van der Waals surface area contributed by atoms with Gasteiger partial charge in [-0.25, -0.2) is 4.98 Å². The van der Waals surface area contributed by atoms with Gasteiger partial charge in [0.1, 0.15) is 43.5 Å². The number of nitrogens with one attached hydrogen (secondary N) is 3. The third-order valence-electron chi connectivity index (χ3n) is 4.85. The normalized spacial score (nSPS) is 20.3. The van der Waals surface area contributed by atoms with Crippen LogP contribution in [-0.4, -0.2) is 43.6 Å². The van der Waals surface area contributed by atoms with E-state index in [1.807, 2.05) is 18.2 Å². The molecule has 3 heterocycles. The van der Waals surface area contributed by atoms with Crippen LogP contribution >= 0.6 is 11.3 Å². The van der Waals surface area contributed by atoms with Crippen LogP contribution in [0.1, 0.15) is 10.8 Å². The number of rotatable bonds is 6. The van der Waals surface area contributed by atoms with Gasteiger partial charge in [-0.05, 0) is 24.3 Å². The fourth-order valence-electron chi connectivity index (χ4n) is 3.41. The molecule has 1 aliphatic rings. The summed E-state index contributed by atoms with van der Waals surface area (Å²) < 4.78 is 6.50. The number of aromatic nitrogens is 1. The van der Waals surface area contributed by atoms with Crippen molar-refractivity contribution in [3.8, 4) is 0 Å². The highest BCUT2D eigenvalue weighted by Crippen LogP contribution is 2.20. The number of hydrogen-bond donors (Lipinski definition) is 3. The molecule has 4 rings (SSSR count). The lowest BCUT2D eigenvalue weighted by molar-refractivity contribution is -1.02. The van der Waals surface area contributed by atoms with Crippen molar-refractivity contribution in [3.05, 3.63) is 53.4 Å². The Bertz CT molecular complexity index is 820. The maximum absolute atomic E-state index is 12.1. The van der Waals surface area contributed by atoms with Gasteiger partial charge in [-0.15, -0.1) is 11.3 Å². The molecule has 7 heteroatoms. The van der Waals surface area contributed by atoms with Crippen LogP contribution in [0.2, 0.25) is 0 Å². The number of quaternary nitrogens is 2. The zero-order chi connectivity index (χ0) is 17.8. The third-order valence-corrected chi connectivity index (χ3v) is 5.89. The van der Waals surface area contributed by atoms with Gasteiger partial charge in [0.15, 0.2) is 6.54 Å². The summed E-state index contributed by atoms with van der Waals surface area (Å²) in [6, 6.07) is 12.0. The van der Waals surface area contributed by atoms with E-state index in [0.29, 0.717) is 13.1 Å². The van der Waals surface area contributed by atoms with E-state index >= 15 is 0 Å². The Kier molecular flexibility index (Phi) is 5.29. The Morgan fingerprint density at radius 1 is 1.12 bits per heavy atom. The highest BCUT2D eigenvalue weighted by atomic mass is 32.1. The van der Waals surface area contributed by atoms with Gasteiger partial charge in [0.25, 0.3) is 5.91 Å². The highest BCUT2D eigenvalue weighted by molar-refractivity contribution is 7.18. The number of benzene rings is 1. The number of carbonyl (C=O) groups is 1. The van der Waals surface area contributed by atoms with Crippen LogP contribution in [0, 0.1) is 0 Å². The lowest BCUT2D eigenvalue weighted by atomic mass is 10.3. The average Bonchev–Trinajstić information content (AvgIpc) is 3.30. The van der Waals surface area contributed by atoms with Gasteiger partial charge in [-0.2, -0.15) is 0 Å². The van der Waals surface area contributed by atoms with Crippen molar-refractivity contribution in [1.29, 1.82) is 0 Å². The Hall–Kier alpha value is -2.22. The van der Waals surface area contributed by atoms with Gasteiger partial charge in [-0.1, -0.05) is 12.1 Å². The number of carbonyl (C=O) groups excluding carboxylic acids is 1. The molecule has 1 fully saturated rings. The molecule has 0 atom stereocenters. The lowest BCUT2D eigenvalue weighted by Crippen LogP contribution is -3.28. The second kappa shape index (κ2) is 7.99. The molecule has 0 spiro atoms. The summed E-state index contributed by atoms with van der Waals surface area (Å²) in [5.74, 6) is 0.879. The minimum atomic E-state index is 0.0889. The van der Waals surface area contributed by atoms with Gasteiger partial charge >= 0.3 is 0 Å². The van der Waals surface area contributed by atoms with E-state index in [1.54, 1.807) is 22.5 Å². The number of furan rings is 1. The van der Waals surface area contributed by atoms with E-state index in [-0.39, 0.29) is 5.91 Å². The second-order valence-corrected chi connectivity index (χ2v) is 7.90. The maximum Gasteiger partial charge on any atom is 0.275 e. The minimum Gasteiger partial charge on any atom is -0.467 e. The molecule has 26 heavy (non-hydrogen) atoms. The summed E-state index contributed by atoms with van der Waals surface area (Å²) in [5.41, 5.74) is 1.10. The number of fused-ring (bicyclic) bond motifs is 1. The predicted octanol–water partition coefficient (Wildman–Crippen LogP) is -0.511. The van der Waals surface area contributed by atoms with Crippen molar-refractivity contribution in [2.75, 3.05) is 32.7 Å². The van der Waals surface area contributed by atoms with Crippen LogP contribution in [0.5, 0.6) is 0 Å². The van der Waals surface area contributed by atoms with Gasteiger partial charge in [-0.3, -0.25) is 4.79 Å². The molecule has 0 aliphatic carbocycles. The van der Waals surface area contributed by atoms with E-state index in [2.05, 4.69) is 23.5 Å². The van der Waals surface area contributed by atoms with E-state index in [0.717, 1.165) is 44.0 Å². The first-order chi connectivity index (χ1) is 12.8. The summed E-state index contributed by atoms with van der Waals surface area (Å²) in [6.45, 7) is 6.19. The molecule has 1 amide bonds. The molecule has 136 valence electrons. The Balaban J connectivity index is 1.21. The van der Waals surface area contributed by atoms with E-state index < -0.39 is 0 Å². The minimum absolute atomic E-state index is 0.0889. The molecule has 0 saturated carbocycles. The molecular formula is C19H24N4O2S+2. The number of para-hydroxylation sites is 1. The van der Waals surface area contributed by atoms with Crippen LogP contribution in [-0.2, 0) is 17.9 Å². The Morgan fingerprint density at radius 3 is 2.69 bits per heavy atom. The quantitative estimate of drug-likeness (QED) is 0.546. The van der Waals surface area contributed by atoms with Crippen LogP contribution in [0.15, 0.2) is 47.1 Å². The maximum atomic E-state index is 12.1. The van der Waals surface area contributed by atoms with Crippen LogP contribution < -0.4 is 15.1 Å². The Labute approximate surface area is 156 Å². The SMILES string of the molecule is O=C(C[NH+]1CC[NH+](Cc2nc3ccccc3s2)CC1)NCc1ccco1. The molecule has 1 aliphatic heterocycles. The average molecular weight is 372 g/mol. The lowest BCUT2D eigenvalue weighted by Gasteiger charge is -2.28. The number of amides is 1. The third kappa shape index (κ3) is 4.30.